The average molecular weight is 277 g/mol. The van der Waals surface area contributed by atoms with Gasteiger partial charge in [0.1, 0.15) is 0 Å². The molecule has 5 nitrogen and oxygen atoms in total. The smallest absolute Gasteiger partial charge is 0.376 e. The third kappa shape index (κ3) is 4.59. The summed E-state index contributed by atoms with van der Waals surface area (Å²) in [6, 6.07) is 0. The second-order valence-electron chi connectivity index (χ2n) is 3.71. The van der Waals surface area contributed by atoms with E-state index >= 15 is 0 Å². The zero-order valence-electron chi connectivity index (χ0n) is 10.9. The zero-order chi connectivity index (χ0) is 14.3. The summed E-state index contributed by atoms with van der Waals surface area (Å²) in [4.78, 5) is 15.1. The maximum Gasteiger partial charge on any atom is 0.376 e. The fourth-order valence-electron chi connectivity index (χ4n) is 1.38. The summed E-state index contributed by atoms with van der Waals surface area (Å²) in [5.74, 6) is -1.40. The topological polar surface area (TPSA) is 61.6 Å². The number of hydrogen-bond acceptors (Lipinski definition) is 5. The molecule has 1 heterocycles. The summed E-state index contributed by atoms with van der Waals surface area (Å²) >= 11 is 0. The summed E-state index contributed by atoms with van der Waals surface area (Å²) in [7, 11) is 0. The van der Waals surface area contributed by atoms with E-state index in [2.05, 4.69) is 9.72 Å². The second kappa shape index (κ2) is 7.83. The van der Waals surface area contributed by atoms with Gasteiger partial charge in [0.25, 0.3) is 6.43 Å². The van der Waals surface area contributed by atoms with Crippen molar-refractivity contribution in [1.82, 2.24) is 4.98 Å². The Labute approximate surface area is 109 Å². The Morgan fingerprint density at radius 2 is 2.11 bits per heavy atom. The molecule has 0 spiro atoms. The molecule has 0 aliphatic rings. The number of halogens is 2. The number of carbonyl (C=O) groups excluding carboxylic acids is 1. The van der Waals surface area contributed by atoms with Gasteiger partial charge in [0.05, 0.1) is 13.2 Å². The number of nitrogens with zero attached hydrogens (tertiary/aromatic N) is 1. The van der Waals surface area contributed by atoms with E-state index in [1.807, 2.05) is 6.92 Å². The lowest BCUT2D eigenvalue weighted by Crippen LogP contribution is -2.06. The fourth-order valence-corrected chi connectivity index (χ4v) is 1.38. The van der Waals surface area contributed by atoms with E-state index in [4.69, 9.17) is 9.15 Å². The van der Waals surface area contributed by atoms with E-state index in [1.165, 1.54) is 0 Å². The van der Waals surface area contributed by atoms with Crippen LogP contribution in [0.5, 0.6) is 0 Å². The van der Waals surface area contributed by atoms with E-state index < -0.39 is 23.8 Å². The molecule has 0 radical (unpaired) electrons. The van der Waals surface area contributed by atoms with Crippen LogP contribution in [0.4, 0.5) is 8.78 Å². The minimum absolute atomic E-state index is 0.0504. The van der Waals surface area contributed by atoms with Crippen LogP contribution in [0.25, 0.3) is 0 Å². The fraction of sp³-hybridized carbons (Fsp3) is 0.667. The van der Waals surface area contributed by atoms with Crippen LogP contribution in [0.3, 0.4) is 0 Å². The summed E-state index contributed by atoms with van der Waals surface area (Å²) in [6.07, 6.45) is -1.78. The normalized spacial score (nSPS) is 11.0. The first-order valence-corrected chi connectivity index (χ1v) is 6.12. The summed E-state index contributed by atoms with van der Waals surface area (Å²) in [5.41, 5.74) is -0.677. The van der Waals surface area contributed by atoms with Crippen molar-refractivity contribution in [2.75, 3.05) is 19.8 Å². The van der Waals surface area contributed by atoms with Crippen LogP contribution >= 0.6 is 0 Å². The molecule has 0 atom stereocenters. The number of ether oxygens (including phenoxy) is 2. The molecular formula is C12H17F2NO4. The molecular weight excluding hydrogens is 260 g/mol. The Morgan fingerprint density at radius 1 is 1.37 bits per heavy atom. The molecule has 7 heteroatoms. The first kappa shape index (κ1) is 15.6. The number of carbonyl (C=O) groups is 1. The third-order valence-corrected chi connectivity index (χ3v) is 2.17. The molecule has 108 valence electrons. The lowest BCUT2D eigenvalue weighted by atomic mass is 10.3. The summed E-state index contributed by atoms with van der Waals surface area (Å²) in [6.45, 7) is 4.50. The van der Waals surface area contributed by atoms with Crippen molar-refractivity contribution in [2.45, 2.75) is 33.1 Å². The number of oxazole rings is 1. The van der Waals surface area contributed by atoms with Gasteiger partial charge in [-0.3, -0.25) is 0 Å². The quantitative estimate of drug-likeness (QED) is 0.540. The Kier molecular flexibility index (Phi) is 6.41. The van der Waals surface area contributed by atoms with Crippen LogP contribution in [-0.4, -0.2) is 30.8 Å². The Morgan fingerprint density at radius 3 is 2.68 bits per heavy atom. The average Bonchev–Trinajstić information content (AvgIpc) is 2.79. The molecule has 0 aromatic carbocycles. The van der Waals surface area contributed by atoms with Crippen molar-refractivity contribution in [3.05, 3.63) is 17.3 Å². The standard InChI is InChI=1S/C12H17F2NO4/c1-3-6-17-7-5-8-15-9(11(13)14)10(19-8)12(16)18-4-2/h11H,3-7H2,1-2H3. The molecule has 0 saturated carbocycles. The number of alkyl halides is 2. The molecule has 1 aromatic heterocycles. The van der Waals surface area contributed by atoms with E-state index in [9.17, 15) is 13.6 Å². The van der Waals surface area contributed by atoms with Gasteiger partial charge in [0.15, 0.2) is 11.6 Å². The van der Waals surface area contributed by atoms with Gasteiger partial charge in [-0.1, -0.05) is 6.92 Å². The van der Waals surface area contributed by atoms with E-state index in [1.54, 1.807) is 6.92 Å². The first-order chi connectivity index (χ1) is 9.10. The molecule has 0 aliphatic carbocycles. The predicted molar refractivity (Wildman–Crippen MR) is 62.2 cm³/mol. The Balaban J connectivity index is 2.73. The van der Waals surface area contributed by atoms with Gasteiger partial charge in [0, 0.05) is 13.0 Å². The highest BCUT2D eigenvalue weighted by Crippen LogP contribution is 2.24. The molecule has 19 heavy (non-hydrogen) atoms. The Bertz CT molecular complexity index is 406. The number of aromatic nitrogens is 1. The van der Waals surface area contributed by atoms with E-state index in [0.717, 1.165) is 6.42 Å². The molecule has 1 aromatic rings. The van der Waals surface area contributed by atoms with Crippen molar-refractivity contribution < 1.29 is 27.5 Å². The van der Waals surface area contributed by atoms with Crippen molar-refractivity contribution in [1.29, 1.82) is 0 Å². The highest BCUT2D eigenvalue weighted by Gasteiger charge is 2.27. The van der Waals surface area contributed by atoms with E-state index in [-0.39, 0.29) is 18.9 Å². The van der Waals surface area contributed by atoms with Crippen molar-refractivity contribution in [3.63, 3.8) is 0 Å². The third-order valence-electron chi connectivity index (χ3n) is 2.17. The molecule has 0 unspecified atom stereocenters. The minimum atomic E-state index is -2.88. The van der Waals surface area contributed by atoms with Crippen LogP contribution in [0.1, 0.15) is 48.8 Å². The summed E-state index contributed by atoms with van der Waals surface area (Å²) in [5, 5.41) is 0. The van der Waals surface area contributed by atoms with Crippen molar-refractivity contribution in [3.8, 4) is 0 Å². The zero-order valence-corrected chi connectivity index (χ0v) is 10.9. The van der Waals surface area contributed by atoms with E-state index in [0.29, 0.717) is 13.2 Å². The largest absolute Gasteiger partial charge is 0.460 e. The highest BCUT2D eigenvalue weighted by molar-refractivity contribution is 5.87. The van der Waals surface area contributed by atoms with Gasteiger partial charge in [0.2, 0.25) is 5.76 Å². The SMILES string of the molecule is CCCOCCc1nc(C(F)F)c(C(=O)OCC)o1. The molecule has 0 amide bonds. The predicted octanol–water partition coefficient (Wildman–Crippen LogP) is 2.76. The minimum Gasteiger partial charge on any atom is -0.460 e. The van der Waals surface area contributed by atoms with Crippen LogP contribution < -0.4 is 0 Å². The highest BCUT2D eigenvalue weighted by atomic mass is 19.3. The molecule has 0 saturated heterocycles. The number of rotatable bonds is 8. The van der Waals surface area contributed by atoms with Crippen LogP contribution in [-0.2, 0) is 15.9 Å². The molecule has 0 aliphatic heterocycles. The van der Waals surface area contributed by atoms with Crippen LogP contribution in [0.2, 0.25) is 0 Å². The van der Waals surface area contributed by atoms with Gasteiger partial charge in [-0.2, -0.15) is 0 Å². The van der Waals surface area contributed by atoms with Gasteiger partial charge in [-0.05, 0) is 13.3 Å². The summed E-state index contributed by atoms with van der Waals surface area (Å²) < 4.78 is 40.3. The van der Waals surface area contributed by atoms with Gasteiger partial charge >= 0.3 is 5.97 Å². The van der Waals surface area contributed by atoms with Gasteiger partial charge in [-0.15, -0.1) is 0 Å². The lowest BCUT2D eigenvalue weighted by molar-refractivity contribution is 0.0472. The lowest BCUT2D eigenvalue weighted by Gasteiger charge is -1.99. The van der Waals surface area contributed by atoms with Crippen LogP contribution in [0.15, 0.2) is 4.42 Å². The van der Waals surface area contributed by atoms with Crippen LogP contribution in [0, 0.1) is 0 Å². The van der Waals surface area contributed by atoms with Gasteiger partial charge in [-0.25, -0.2) is 18.6 Å². The maximum absolute atomic E-state index is 12.7. The first-order valence-electron chi connectivity index (χ1n) is 6.12. The van der Waals surface area contributed by atoms with Crippen molar-refractivity contribution in [2.24, 2.45) is 0 Å². The monoisotopic (exact) mass is 277 g/mol. The Hall–Kier alpha value is -1.50. The number of esters is 1. The van der Waals surface area contributed by atoms with Crippen molar-refractivity contribution >= 4 is 5.97 Å². The molecule has 1 rings (SSSR count). The molecule has 0 N–H and O–H groups in total. The maximum atomic E-state index is 12.7. The molecule has 0 bridgehead atoms. The van der Waals surface area contributed by atoms with Gasteiger partial charge < -0.3 is 13.9 Å². The number of hydrogen-bond donors (Lipinski definition) is 0. The second-order valence-corrected chi connectivity index (χ2v) is 3.71. The molecule has 0 fully saturated rings.